The molecule has 1 aromatic rings. The van der Waals surface area contributed by atoms with E-state index >= 15 is 0 Å². The summed E-state index contributed by atoms with van der Waals surface area (Å²) in [5.41, 5.74) is 0. The van der Waals surface area contributed by atoms with Gasteiger partial charge in [-0.25, -0.2) is 9.97 Å². The van der Waals surface area contributed by atoms with Gasteiger partial charge in [-0.3, -0.25) is 4.79 Å². The van der Waals surface area contributed by atoms with Crippen molar-refractivity contribution in [2.24, 2.45) is 0 Å². The molecule has 1 aromatic heterocycles. The maximum Gasteiger partial charge on any atom is 0.316 e. The van der Waals surface area contributed by atoms with Crippen LogP contribution in [0, 0.1) is 0 Å². The van der Waals surface area contributed by atoms with Crippen molar-refractivity contribution in [3.05, 3.63) is 11.9 Å². The number of carbonyl (C=O) groups excluding carboxylic acids is 1. The van der Waals surface area contributed by atoms with Crippen molar-refractivity contribution in [2.45, 2.75) is 23.8 Å². The number of thioether (sulfide) groups is 1. The zero-order chi connectivity index (χ0) is 12.3. The maximum atomic E-state index is 11.1. The SMILES string of the molecule is CNc1cc(SCC(=O)OC)nc(C2CC2)n1. The van der Waals surface area contributed by atoms with Gasteiger partial charge in [0.05, 0.1) is 12.9 Å². The normalized spacial score (nSPS) is 14.5. The molecule has 92 valence electrons. The molecular formula is C11H15N3O2S. The highest BCUT2D eigenvalue weighted by Crippen LogP contribution is 2.39. The Morgan fingerprint density at radius 3 is 2.94 bits per heavy atom. The van der Waals surface area contributed by atoms with Crippen molar-refractivity contribution in [1.82, 2.24) is 9.97 Å². The van der Waals surface area contributed by atoms with E-state index in [4.69, 9.17) is 0 Å². The van der Waals surface area contributed by atoms with Gasteiger partial charge in [-0.15, -0.1) is 0 Å². The highest BCUT2D eigenvalue weighted by atomic mass is 32.2. The fraction of sp³-hybridized carbons (Fsp3) is 0.545. The van der Waals surface area contributed by atoms with Gasteiger partial charge in [0.2, 0.25) is 0 Å². The van der Waals surface area contributed by atoms with Crippen molar-refractivity contribution in [2.75, 3.05) is 25.2 Å². The lowest BCUT2D eigenvalue weighted by molar-refractivity contribution is -0.137. The van der Waals surface area contributed by atoms with Crippen LogP contribution in [0.2, 0.25) is 0 Å². The highest BCUT2D eigenvalue weighted by Gasteiger charge is 2.27. The van der Waals surface area contributed by atoms with Crippen molar-refractivity contribution < 1.29 is 9.53 Å². The summed E-state index contributed by atoms with van der Waals surface area (Å²) >= 11 is 1.38. The number of nitrogens with one attached hydrogen (secondary N) is 1. The van der Waals surface area contributed by atoms with Crippen LogP contribution in [-0.2, 0) is 9.53 Å². The fourth-order valence-corrected chi connectivity index (χ4v) is 2.10. The second-order valence-electron chi connectivity index (χ2n) is 3.84. The smallest absolute Gasteiger partial charge is 0.316 e. The largest absolute Gasteiger partial charge is 0.468 e. The van der Waals surface area contributed by atoms with E-state index in [1.807, 2.05) is 13.1 Å². The minimum absolute atomic E-state index is 0.243. The van der Waals surface area contributed by atoms with Gasteiger partial charge < -0.3 is 10.1 Å². The van der Waals surface area contributed by atoms with Gasteiger partial charge in [-0.05, 0) is 12.8 Å². The maximum absolute atomic E-state index is 11.1. The monoisotopic (exact) mass is 253 g/mol. The number of methoxy groups -OCH3 is 1. The lowest BCUT2D eigenvalue weighted by Crippen LogP contribution is -2.05. The third-order valence-corrected chi connectivity index (χ3v) is 3.37. The standard InChI is InChI=1S/C11H15N3O2S/c1-12-8-5-9(17-6-10(15)16-2)14-11(13-8)7-3-4-7/h5,7H,3-4,6H2,1-2H3,(H,12,13,14). The molecule has 0 spiro atoms. The van der Waals surface area contributed by atoms with Crippen molar-refractivity contribution in [3.8, 4) is 0 Å². The number of anilines is 1. The number of carbonyl (C=O) groups is 1. The first kappa shape index (κ1) is 12.2. The molecule has 0 saturated heterocycles. The Morgan fingerprint density at radius 1 is 1.59 bits per heavy atom. The van der Waals surface area contributed by atoms with Gasteiger partial charge in [0.1, 0.15) is 16.7 Å². The molecule has 1 aliphatic rings. The highest BCUT2D eigenvalue weighted by molar-refractivity contribution is 7.99. The summed E-state index contributed by atoms with van der Waals surface area (Å²) < 4.78 is 4.60. The molecule has 1 aliphatic carbocycles. The summed E-state index contributed by atoms with van der Waals surface area (Å²) in [4.78, 5) is 19.9. The zero-order valence-electron chi connectivity index (χ0n) is 9.90. The van der Waals surface area contributed by atoms with Gasteiger partial charge >= 0.3 is 5.97 Å². The Bertz CT molecular complexity index is 421. The van der Waals surface area contributed by atoms with Crippen molar-refractivity contribution >= 4 is 23.5 Å². The number of ether oxygens (including phenoxy) is 1. The van der Waals surface area contributed by atoms with Crippen molar-refractivity contribution in [1.29, 1.82) is 0 Å². The van der Waals surface area contributed by atoms with E-state index in [-0.39, 0.29) is 11.7 Å². The van der Waals surface area contributed by atoms with E-state index in [0.717, 1.165) is 29.5 Å². The molecule has 1 heterocycles. The number of esters is 1. The summed E-state index contributed by atoms with van der Waals surface area (Å²) in [6, 6.07) is 1.85. The molecular weight excluding hydrogens is 238 g/mol. The van der Waals surface area contributed by atoms with E-state index < -0.39 is 0 Å². The van der Waals surface area contributed by atoms with Crippen LogP contribution in [0.3, 0.4) is 0 Å². The molecule has 6 heteroatoms. The number of hydrogen-bond donors (Lipinski definition) is 1. The molecule has 1 saturated carbocycles. The van der Waals surface area contributed by atoms with Crippen LogP contribution in [0.25, 0.3) is 0 Å². The van der Waals surface area contributed by atoms with Gasteiger partial charge in [-0.2, -0.15) is 0 Å². The first-order valence-electron chi connectivity index (χ1n) is 5.49. The van der Waals surface area contributed by atoms with Crippen LogP contribution in [0.1, 0.15) is 24.6 Å². The Labute approximate surface area is 104 Å². The summed E-state index contributed by atoms with van der Waals surface area (Å²) in [5, 5.41) is 3.83. The topological polar surface area (TPSA) is 64.1 Å². The molecule has 0 atom stereocenters. The van der Waals surface area contributed by atoms with Crippen LogP contribution in [0.15, 0.2) is 11.1 Å². The molecule has 17 heavy (non-hydrogen) atoms. The van der Waals surface area contributed by atoms with E-state index in [9.17, 15) is 4.79 Å². The number of aromatic nitrogens is 2. The molecule has 2 rings (SSSR count). The molecule has 0 radical (unpaired) electrons. The van der Waals surface area contributed by atoms with Crippen LogP contribution in [0.4, 0.5) is 5.82 Å². The Morgan fingerprint density at radius 2 is 2.35 bits per heavy atom. The molecule has 0 aromatic carbocycles. The number of hydrogen-bond acceptors (Lipinski definition) is 6. The second-order valence-corrected chi connectivity index (χ2v) is 4.83. The minimum Gasteiger partial charge on any atom is -0.468 e. The summed E-state index contributed by atoms with van der Waals surface area (Å²) in [6.45, 7) is 0. The Balaban J connectivity index is 2.09. The van der Waals surface area contributed by atoms with Crippen LogP contribution >= 0.6 is 11.8 Å². The molecule has 0 unspecified atom stereocenters. The average Bonchev–Trinajstić information content (AvgIpc) is 3.19. The first-order chi connectivity index (χ1) is 8.22. The van der Waals surface area contributed by atoms with E-state index in [1.165, 1.54) is 18.9 Å². The first-order valence-corrected chi connectivity index (χ1v) is 6.48. The van der Waals surface area contributed by atoms with Gasteiger partial charge in [0.25, 0.3) is 0 Å². The van der Waals surface area contributed by atoms with Gasteiger partial charge in [0.15, 0.2) is 0 Å². The minimum atomic E-state index is -0.243. The van der Waals surface area contributed by atoms with Crippen LogP contribution < -0.4 is 5.32 Å². The number of nitrogens with zero attached hydrogens (tertiary/aromatic N) is 2. The molecule has 1 N–H and O–H groups in total. The average molecular weight is 253 g/mol. The predicted octanol–water partition coefficient (Wildman–Crippen LogP) is 1.66. The molecule has 0 aliphatic heterocycles. The van der Waals surface area contributed by atoms with E-state index in [2.05, 4.69) is 20.0 Å². The van der Waals surface area contributed by atoms with Crippen LogP contribution in [-0.4, -0.2) is 35.8 Å². The van der Waals surface area contributed by atoms with Gasteiger partial charge in [-0.1, -0.05) is 11.8 Å². The number of rotatable bonds is 5. The lowest BCUT2D eigenvalue weighted by atomic mass is 10.4. The van der Waals surface area contributed by atoms with Crippen molar-refractivity contribution in [3.63, 3.8) is 0 Å². The van der Waals surface area contributed by atoms with E-state index in [1.54, 1.807) is 0 Å². The molecule has 0 amide bonds. The quantitative estimate of drug-likeness (QED) is 0.489. The molecule has 0 bridgehead atoms. The molecule has 5 nitrogen and oxygen atoms in total. The summed E-state index contributed by atoms with van der Waals surface area (Å²) in [6.07, 6.45) is 2.32. The lowest BCUT2D eigenvalue weighted by Gasteiger charge is -2.06. The Kier molecular flexibility index (Phi) is 3.83. The fourth-order valence-electron chi connectivity index (χ4n) is 1.36. The summed E-state index contributed by atoms with van der Waals surface area (Å²) in [7, 11) is 3.21. The van der Waals surface area contributed by atoms with E-state index in [0.29, 0.717) is 5.92 Å². The third kappa shape index (κ3) is 3.33. The third-order valence-electron chi connectivity index (χ3n) is 2.48. The van der Waals surface area contributed by atoms with Crippen LogP contribution in [0.5, 0.6) is 0 Å². The zero-order valence-corrected chi connectivity index (χ0v) is 10.7. The second kappa shape index (κ2) is 5.35. The predicted molar refractivity (Wildman–Crippen MR) is 66.3 cm³/mol. The molecule has 1 fully saturated rings. The Hall–Kier alpha value is -1.30. The van der Waals surface area contributed by atoms with Gasteiger partial charge in [0, 0.05) is 19.0 Å². The summed E-state index contributed by atoms with van der Waals surface area (Å²) in [5.74, 6) is 2.22.